The van der Waals surface area contributed by atoms with Crippen LogP contribution in [0.4, 0.5) is 5.69 Å². The van der Waals surface area contributed by atoms with Crippen molar-refractivity contribution in [3.05, 3.63) is 59.2 Å². The molecule has 7 nitrogen and oxygen atoms in total. The van der Waals surface area contributed by atoms with Gasteiger partial charge in [0.15, 0.2) is 15.9 Å². The molecule has 0 radical (unpaired) electrons. The van der Waals surface area contributed by atoms with Crippen LogP contribution >= 0.6 is 0 Å². The molecule has 1 aliphatic heterocycles. The van der Waals surface area contributed by atoms with Crippen LogP contribution in [0.25, 0.3) is 0 Å². The molecule has 3 rings (SSSR count). The van der Waals surface area contributed by atoms with Crippen molar-refractivity contribution in [1.29, 1.82) is 0 Å². The Kier molecular flexibility index (Phi) is 4.80. The number of fused-ring (bicyclic) bond motifs is 1. The Labute approximate surface area is 150 Å². The molecule has 2 N–H and O–H groups in total. The summed E-state index contributed by atoms with van der Waals surface area (Å²) < 4.78 is 29.1. The van der Waals surface area contributed by atoms with Gasteiger partial charge in [-0.25, -0.2) is 13.2 Å². The van der Waals surface area contributed by atoms with Crippen molar-refractivity contribution >= 4 is 27.4 Å². The first-order valence-electron chi connectivity index (χ1n) is 7.84. The van der Waals surface area contributed by atoms with E-state index >= 15 is 0 Å². The van der Waals surface area contributed by atoms with Gasteiger partial charge < -0.3 is 15.2 Å². The van der Waals surface area contributed by atoms with Gasteiger partial charge in [0.1, 0.15) is 0 Å². The van der Waals surface area contributed by atoms with Crippen LogP contribution in [0.3, 0.4) is 0 Å². The maximum Gasteiger partial charge on any atom is 0.335 e. The highest BCUT2D eigenvalue weighted by Gasteiger charge is 2.27. The maximum atomic E-state index is 12.6. The first-order chi connectivity index (χ1) is 12.3. The summed E-state index contributed by atoms with van der Waals surface area (Å²) in [5, 5.41) is 11.7. The summed E-state index contributed by atoms with van der Waals surface area (Å²) in [4.78, 5) is 23.7. The molecular weight excluding hydrogens is 358 g/mol. The molecule has 1 unspecified atom stereocenters. The third-order valence-electron chi connectivity index (χ3n) is 4.08. The van der Waals surface area contributed by atoms with E-state index in [0.717, 1.165) is 23.4 Å². The van der Waals surface area contributed by atoms with E-state index in [2.05, 4.69) is 5.32 Å². The van der Waals surface area contributed by atoms with Gasteiger partial charge in [-0.2, -0.15) is 0 Å². The third kappa shape index (κ3) is 3.76. The Morgan fingerprint density at radius 1 is 1.19 bits per heavy atom. The van der Waals surface area contributed by atoms with E-state index in [9.17, 15) is 23.1 Å². The fourth-order valence-corrected chi connectivity index (χ4v) is 3.51. The molecule has 8 heteroatoms. The fraction of sp³-hybridized carbons (Fsp3) is 0.222. The van der Waals surface area contributed by atoms with Gasteiger partial charge in [-0.15, -0.1) is 0 Å². The average Bonchev–Trinajstić information content (AvgIpc) is 2.60. The molecule has 1 amide bonds. The Morgan fingerprint density at radius 2 is 1.92 bits per heavy atom. The van der Waals surface area contributed by atoms with E-state index in [1.165, 1.54) is 12.1 Å². The predicted octanol–water partition coefficient (Wildman–Crippen LogP) is 2.04. The normalized spacial score (nSPS) is 16.6. The monoisotopic (exact) mass is 375 g/mol. The number of hydrogen-bond acceptors (Lipinski definition) is 5. The molecule has 2 aromatic carbocycles. The molecule has 26 heavy (non-hydrogen) atoms. The second-order valence-electron chi connectivity index (χ2n) is 6.01. The number of nitrogens with one attached hydrogen (secondary N) is 1. The van der Waals surface area contributed by atoms with Gasteiger partial charge in [-0.05, 0) is 35.7 Å². The van der Waals surface area contributed by atoms with Gasteiger partial charge in [0, 0.05) is 11.9 Å². The first kappa shape index (κ1) is 18.1. The second kappa shape index (κ2) is 6.89. The van der Waals surface area contributed by atoms with E-state index in [4.69, 9.17) is 4.74 Å². The molecule has 0 aromatic heterocycles. The minimum atomic E-state index is -3.64. The Bertz CT molecular complexity index is 983. The van der Waals surface area contributed by atoms with Crippen molar-refractivity contribution < 1.29 is 27.9 Å². The minimum Gasteiger partial charge on any atom is -0.478 e. The number of carboxylic acid groups (broad SMARTS) is 1. The zero-order valence-electron chi connectivity index (χ0n) is 13.9. The Balaban J connectivity index is 1.93. The van der Waals surface area contributed by atoms with Crippen molar-refractivity contribution in [2.75, 3.05) is 18.2 Å². The van der Waals surface area contributed by atoms with Crippen molar-refractivity contribution in [3.8, 4) is 0 Å². The zero-order valence-corrected chi connectivity index (χ0v) is 14.7. The fourth-order valence-electron chi connectivity index (χ4n) is 2.83. The molecule has 0 saturated heterocycles. The molecule has 0 fully saturated rings. The molecular formula is C18H17NO6S. The smallest absolute Gasteiger partial charge is 0.335 e. The molecule has 2 aromatic rings. The average molecular weight is 375 g/mol. The van der Waals surface area contributed by atoms with Gasteiger partial charge in [0.2, 0.25) is 0 Å². The number of ether oxygens (including phenoxy) is 1. The Hall–Kier alpha value is -2.71. The van der Waals surface area contributed by atoms with Crippen molar-refractivity contribution in [3.63, 3.8) is 0 Å². The SMILES string of the molecule is CS(=O)(=O)c1cc(NC(=O)C2OCCc3ccccc32)cc(C(=O)O)c1. The largest absolute Gasteiger partial charge is 0.478 e. The molecule has 1 aliphatic rings. The molecule has 136 valence electrons. The van der Waals surface area contributed by atoms with Crippen molar-refractivity contribution in [1.82, 2.24) is 0 Å². The number of carbonyl (C=O) groups is 2. The van der Waals surface area contributed by atoms with Crippen LogP contribution in [0.2, 0.25) is 0 Å². The summed E-state index contributed by atoms with van der Waals surface area (Å²) in [6.07, 6.45) is 0.835. The van der Waals surface area contributed by atoms with Gasteiger partial charge in [0.25, 0.3) is 5.91 Å². The lowest BCUT2D eigenvalue weighted by Crippen LogP contribution is -2.28. The summed E-state index contributed by atoms with van der Waals surface area (Å²) in [5.74, 6) is -1.77. The number of carbonyl (C=O) groups excluding carboxylic acids is 1. The van der Waals surface area contributed by atoms with E-state index in [-0.39, 0.29) is 16.1 Å². The Morgan fingerprint density at radius 3 is 2.62 bits per heavy atom. The van der Waals surface area contributed by atoms with Crippen LogP contribution in [-0.2, 0) is 25.8 Å². The van der Waals surface area contributed by atoms with Crippen LogP contribution in [0, 0.1) is 0 Å². The zero-order chi connectivity index (χ0) is 18.9. The van der Waals surface area contributed by atoms with Gasteiger partial charge >= 0.3 is 5.97 Å². The molecule has 0 bridgehead atoms. The highest BCUT2D eigenvalue weighted by Crippen LogP contribution is 2.28. The summed E-state index contributed by atoms with van der Waals surface area (Å²) in [5.41, 5.74) is 1.61. The number of hydrogen-bond donors (Lipinski definition) is 2. The number of amides is 1. The second-order valence-corrected chi connectivity index (χ2v) is 8.03. The molecule has 0 spiro atoms. The molecule has 0 aliphatic carbocycles. The molecule has 1 heterocycles. The summed E-state index contributed by atoms with van der Waals surface area (Å²) >= 11 is 0. The minimum absolute atomic E-state index is 0.0852. The summed E-state index contributed by atoms with van der Waals surface area (Å²) in [7, 11) is -3.64. The predicted molar refractivity (Wildman–Crippen MR) is 94.0 cm³/mol. The van der Waals surface area contributed by atoms with Crippen LogP contribution in [-0.4, -0.2) is 38.3 Å². The van der Waals surface area contributed by atoms with E-state index in [1.54, 1.807) is 12.1 Å². The highest BCUT2D eigenvalue weighted by atomic mass is 32.2. The number of anilines is 1. The van der Waals surface area contributed by atoms with Crippen LogP contribution in [0.5, 0.6) is 0 Å². The summed E-state index contributed by atoms with van der Waals surface area (Å²) in [6, 6.07) is 10.9. The lowest BCUT2D eigenvalue weighted by Gasteiger charge is -2.25. The van der Waals surface area contributed by atoms with Crippen LogP contribution in [0.1, 0.15) is 27.6 Å². The lowest BCUT2D eigenvalue weighted by atomic mass is 9.97. The number of aromatic carboxylic acids is 1. The topological polar surface area (TPSA) is 110 Å². The van der Waals surface area contributed by atoms with Crippen LogP contribution in [0.15, 0.2) is 47.4 Å². The first-order valence-corrected chi connectivity index (χ1v) is 9.73. The lowest BCUT2D eigenvalue weighted by molar-refractivity contribution is -0.128. The van der Waals surface area contributed by atoms with E-state index in [0.29, 0.717) is 13.0 Å². The van der Waals surface area contributed by atoms with E-state index < -0.39 is 27.8 Å². The highest BCUT2D eigenvalue weighted by molar-refractivity contribution is 7.90. The third-order valence-corrected chi connectivity index (χ3v) is 5.17. The van der Waals surface area contributed by atoms with Crippen molar-refractivity contribution in [2.24, 2.45) is 0 Å². The summed E-state index contributed by atoms with van der Waals surface area (Å²) in [6.45, 7) is 0.388. The van der Waals surface area contributed by atoms with Gasteiger partial charge in [-0.1, -0.05) is 24.3 Å². The number of sulfone groups is 1. The van der Waals surface area contributed by atoms with Crippen molar-refractivity contribution in [2.45, 2.75) is 17.4 Å². The number of rotatable bonds is 4. The maximum absolute atomic E-state index is 12.6. The standard InChI is InChI=1S/C18H17NO6S/c1-26(23,24)14-9-12(18(21)22)8-13(10-14)19-17(20)16-15-5-3-2-4-11(15)6-7-25-16/h2-5,8-10,16H,6-7H2,1H3,(H,19,20)(H,21,22). The van der Waals surface area contributed by atoms with Crippen LogP contribution < -0.4 is 5.32 Å². The quantitative estimate of drug-likeness (QED) is 0.846. The van der Waals surface area contributed by atoms with Gasteiger partial charge in [-0.3, -0.25) is 4.79 Å². The molecule has 0 saturated carbocycles. The number of carboxylic acids is 1. The van der Waals surface area contributed by atoms with E-state index in [1.807, 2.05) is 12.1 Å². The molecule has 1 atom stereocenters. The number of benzene rings is 2. The van der Waals surface area contributed by atoms with Gasteiger partial charge in [0.05, 0.1) is 17.1 Å².